The number of furan rings is 1. The van der Waals surface area contributed by atoms with E-state index in [9.17, 15) is 9.59 Å². The Balaban J connectivity index is 1.60. The Bertz CT molecular complexity index is 722. The molecule has 6 nitrogen and oxygen atoms in total. The maximum atomic E-state index is 12.8. The molecule has 27 heavy (non-hydrogen) atoms. The van der Waals surface area contributed by atoms with Gasteiger partial charge in [0.1, 0.15) is 18.4 Å². The van der Waals surface area contributed by atoms with Crippen LogP contribution >= 0.6 is 0 Å². The Labute approximate surface area is 159 Å². The van der Waals surface area contributed by atoms with Crippen LogP contribution in [0.1, 0.15) is 37.1 Å². The third kappa shape index (κ3) is 4.98. The molecule has 1 saturated heterocycles. The van der Waals surface area contributed by atoms with E-state index in [0.717, 1.165) is 5.56 Å². The first-order valence-corrected chi connectivity index (χ1v) is 9.43. The number of hydrogen-bond donors (Lipinski definition) is 1. The van der Waals surface area contributed by atoms with Crippen molar-refractivity contribution in [2.24, 2.45) is 5.92 Å². The summed E-state index contributed by atoms with van der Waals surface area (Å²) in [5, 5.41) is 3.12. The highest BCUT2D eigenvalue weighted by molar-refractivity contribution is 5.81. The second-order valence-corrected chi connectivity index (χ2v) is 6.66. The van der Waals surface area contributed by atoms with Crippen LogP contribution in [0.25, 0.3) is 0 Å². The molecule has 1 aliphatic heterocycles. The number of nitrogens with one attached hydrogen (secondary N) is 1. The van der Waals surface area contributed by atoms with E-state index in [4.69, 9.17) is 9.15 Å². The van der Waals surface area contributed by atoms with Gasteiger partial charge in [-0.15, -0.1) is 0 Å². The lowest BCUT2D eigenvalue weighted by atomic mass is 9.94. The molecule has 1 N–H and O–H groups in total. The summed E-state index contributed by atoms with van der Waals surface area (Å²) in [6.07, 6.45) is 2.92. The zero-order valence-electron chi connectivity index (χ0n) is 15.6. The Kier molecular flexibility index (Phi) is 6.65. The zero-order chi connectivity index (χ0) is 19.1. The highest BCUT2D eigenvalue weighted by atomic mass is 16.5. The van der Waals surface area contributed by atoms with Crippen molar-refractivity contribution in [3.8, 4) is 0 Å². The molecule has 1 atom stereocenters. The predicted molar refractivity (Wildman–Crippen MR) is 101 cm³/mol. The molecule has 6 heteroatoms. The van der Waals surface area contributed by atoms with Crippen molar-refractivity contribution in [1.29, 1.82) is 0 Å². The van der Waals surface area contributed by atoms with Crippen LogP contribution in [0.5, 0.6) is 0 Å². The quantitative estimate of drug-likeness (QED) is 0.813. The van der Waals surface area contributed by atoms with Gasteiger partial charge in [-0.2, -0.15) is 0 Å². The normalized spacial score (nSPS) is 16.1. The monoisotopic (exact) mass is 370 g/mol. The molecule has 1 aliphatic rings. The first-order valence-electron chi connectivity index (χ1n) is 9.43. The van der Waals surface area contributed by atoms with Gasteiger partial charge in [-0.3, -0.25) is 9.59 Å². The van der Waals surface area contributed by atoms with Gasteiger partial charge >= 0.3 is 0 Å². The number of nitrogens with zero attached hydrogens (tertiary/aromatic N) is 1. The summed E-state index contributed by atoms with van der Waals surface area (Å²) in [6.45, 7) is 3.67. The van der Waals surface area contributed by atoms with E-state index in [1.807, 2.05) is 49.4 Å². The minimum absolute atomic E-state index is 0.00263. The van der Waals surface area contributed by atoms with Gasteiger partial charge in [0.15, 0.2) is 0 Å². The van der Waals surface area contributed by atoms with Gasteiger partial charge in [0, 0.05) is 25.6 Å². The lowest BCUT2D eigenvalue weighted by molar-refractivity contribution is -0.139. The topological polar surface area (TPSA) is 71.8 Å². The van der Waals surface area contributed by atoms with Crippen LogP contribution in [0.2, 0.25) is 0 Å². The Morgan fingerprint density at radius 1 is 1.19 bits per heavy atom. The van der Waals surface area contributed by atoms with Crippen molar-refractivity contribution in [3.63, 3.8) is 0 Å². The Hall–Kier alpha value is -2.60. The summed E-state index contributed by atoms with van der Waals surface area (Å²) in [5.41, 5.74) is 0.977. The van der Waals surface area contributed by atoms with Crippen molar-refractivity contribution in [3.05, 3.63) is 60.1 Å². The van der Waals surface area contributed by atoms with E-state index in [0.29, 0.717) is 38.3 Å². The number of rotatable bonds is 7. The third-order valence-corrected chi connectivity index (χ3v) is 4.90. The van der Waals surface area contributed by atoms with Crippen LogP contribution in [0.3, 0.4) is 0 Å². The average molecular weight is 370 g/mol. The molecule has 0 aliphatic carbocycles. The molecular formula is C21H26N2O4. The van der Waals surface area contributed by atoms with E-state index >= 15 is 0 Å². The molecule has 144 valence electrons. The van der Waals surface area contributed by atoms with Crippen LogP contribution in [0.15, 0.2) is 53.1 Å². The van der Waals surface area contributed by atoms with E-state index in [1.165, 1.54) is 0 Å². The zero-order valence-corrected chi connectivity index (χ0v) is 15.6. The number of carbonyl (C=O) groups is 2. The highest BCUT2D eigenvalue weighted by Gasteiger charge is 2.29. The van der Waals surface area contributed by atoms with Crippen LogP contribution in [0.4, 0.5) is 0 Å². The molecule has 0 saturated carbocycles. The fourth-order valence-electron chi connectivity index (χ4n) is 3.35. The SMILES string of the molecule is CCOCC(=O)N1CCC(C(=O)NC(c2ccccc2)c2ccco2)CC1. The minimum Gasteiger partial charge on any atom is -0.467 e. The average Bonchev–Trinajstić information content (AvgIpc) is 3.25. The molecule has 2 amide bonds. The van der Waals surface area contributed by atoms with Crippen molar-refractivity contribution in [2.75, 3.05) is 26.3 Å². The maximum Gasteiger partial charge on any atom is 0.248 e. The summed E-state index contributed by atoms with van der Waals surface area (Å²) in [5.74, 6) is 0.590. The summed E-state index contributed by atoms with van der Waals surface area (Å²) in [7, 11) is 0. The lowest BCUT2D eigenvalue weighted by Gasteiger charge is -2.32. The number of likely N-dealkylation sites (tertiary alicyclic amines) is 1. The molecular weight excluding hydrogens is 344 g/mol. The largest absolute Gasteiger partial charge is 0.467 e. The summed E-state index contributed by atoms with van der Waals surface area (Å²) >= 11 is 0. The number of amides is 2. The molecule has 0 radical (unpaired) electrons. The van der Waals surface area contributed by atoms with Gasteiger partial charge in [-0.1, -0.05) is 30.3 Å². The van der Waals surface area contributed by atoms with Crippen molar-refractivity contribution < 1.29 is 18.7 Å². The van der Waals surface area contributed by atoms with Gasteiger partial charge < -0.3 is 19.4 Å². The number of piperidine rings is 1. The molecule has 1 unspecified atom stereocenters. The summed E-state index contributed by atoms with van der Waals surface area (Å²) in [4.78, 5) is 26.7. The second kappa shape index (κ2) is 9.37. The fraction of sp³-hybridized carbons (Fsp3) is 0.429. The van der Waals surface area contributed by atoms with Crippen molar-refractivity contribution in [2.45, 2.75) is 25.8 Å². The van der Waals surface area contributed by atoms with E-state index in [1.54, 1.807) is 11.2 Å². The van der Waals surface area contributed by atoms with Crippen LogP contribution in [-0.2, 0) is 14.3 Å². The van der Waals surface area contributed by atoms with Crippen LogP contribution in [0, 0.1) is 5.92 Å². The number of benzene rings is 1. The number of hydrogen-bond acceptors (Lipinski definition) is 4. The van der Waals surface area contributed by atoms with Crippen LogP contribution < -0.4 is 5.32 Å². The lowest BCUT2D eigenvalue weighted by Crippen LogP contribution is -2.44. The van der Waals surface area contributed by atoms with Gasteiger partial charge in [-0.25, -0.2) is 0 Å². The van der Waals surface area contributed by atoms with Gasteiger partial charge in [0.05, 0.1) is 6.26 Å². The second-order valence-electron chi connectivity index (χ2n) is 6.66. The molecule has 2 heterocycles. The highest BCUT2D eigenvalue weighted by Crippen LogP contribution is 2.25. The van der Waals surface area contributed by atoms with Gasteiger partial charge in [0.25, 0.3) is 0 Å². The molecule has 3 rings (SSSR count). The van der Waals surface area contributed by atoms with E-state index < -0.39 is 0 Å². The fourth-order valence-corrected chi connectivity index (χ4v) is 3.35. The van der Waals surface area contributed by atoms with Gasteiger partial charge in [-0.05, 0) is 37.5 Å². The minimum atomic E-state index is -0.314. The van der Waals surface area contributed by atoms with Crippen molar-refractivity contribution in [1.82, 2.24) is 10.2 Å². The molecule has 0 spiro atoms. The number of ether oxygens (including phenoxy) is 1. The Morgan fingerprint density at radius 3 is 2.56 bits per heavy atom. The molecule has 2 aromatic rings. The van der Waals surface area contributed by atoms with E-state index in [2.05, 4.69) is 5.32 Å². The smallest absolute Gasteiger partial charge is 0.248 e. The first-order chi connectivity index (χ1) is 13.2. The molecule has 1 fully saturated rings. The first kappa shape index (κ1) is 19.2. The van der Waals surface area contributed by atoms with E-state index in [-0.39, 0.29) is 30.4 Å². The molecule has 0 bridgehead atoms. The maximum absolute atomic E-state index is 12.8. The Morgan fingerprint density at radius 2 is 1.93 bits per heavy atom. The number of carbonyl (C=O) groups excluding carboxylic acids is 2. The van der Waals surface area contributed by atoms with Crippen molar-refractivity contribution >= 4 is 11.8 Å². The standard InChI is InChI=1S/C21H26N2O4/c1-2-26-15-19(24)23-12-10-17(11-13-23)21(25)22-20(18-9-6-14-27-18)16-7-4-3-5-8-16/h3-9,14,17,20H,2,10-13,15H2,1H3,(H,22,25). The third-order valence-electron chi connectivity index (χ3n) is 4.90. The van der Waals surface area contributed by atoms with Crippen LogP contribution in [-0.4, -0.2) is 43.0 Å². The summed E-state index contributed by atoms with van der Waals surface area (Å²) in [6, 6.07) is 13.2. The summed E-state index contributed by atoms with van der Waals surface area (Å²) < 4.78 is 10.7. The van der Waals surface area contributed by atoms with Gasteiger partial charge in [0.2, 0.25) is 11.8 Å². The molecule has 1 aromatic carbocycles. The molecule has 1 aromatic heterocycles. The predicted octanol–water partition coefficient (Wildman–Crippen LogP) is 2.76.